The minimum absolute atomic E-state index is 0.695. The maximum Gasteiger partial charge on any atom is 0.178 e. The standard InChI is InChI=1S/C35H24OS.2C2H6/c1-4-12-25(13-5-1)33-20-21-34(37-33)31-24-32-30(28-18-10-11-19-29(28)31)22-23-35(36-32,26-14-6-2-7-15-26)27-16-8-3-9-17-27;2*1-2/h1-24H;2*1-2H3. The number of hydrogen-bond acceptors (Lipinski definition) is 2. The molecule has 41 heavy (non-hydrogen) atoms. The Hall–Kier alpha value is -4.40. The van der Waals surface area contributed by atoms with Gasteiger partial charge in [-0.05, 0) is 46.7 Å². The molecule has 7 rings (SSSR count). The summed E-state index contributed by atoms with van der Waals surface area (Å²) in [6, 6.07) is 47.0. The van der Waals surface area contributed by atoms with Crippen molar-refractivity contribution in [2.45, 2.75) is 33.3 Å². The first kappa shape index (κ1) is 28.1. The fourth-order valence-electron chi connectivity index (χ4n) is 5.33. The Morgan fingerprint density at radius 2 is 1.05 bits per heavy atom. The van der Waals surface area contributed by atoms with E-state index in [2.05, 4.69) is 146 Å². The molecule has 0 N–H and O–H groups in total. The molecule has 0 spiro atoms. The predicted octanol–water partition coefficient (Wildman–Crippen LogP) is 11.6. The summed E-state index contributed by atoms with van der Waals surface area (Å²) in [6.45, 7) is 8.00. The van der Waals surface area contributed by atoms with Crippen molar-refractivity contribution in [2.75, 3.05) is 0 Å². The first-order chi connectivity index (χ1) is 20.3. The van der Waals surface area contributed by atoms with Crippen LogP contribution in [0.3, 0.4) is 0 Å². The molecule has 6 aromatic rings. The number of benzene rings is 5. The van der Waals surface area contributed by atoms with Crippen LogP contribution in [0.5, 0.6) is 5.75 Å². The highest BCUT2D eigenvalue weighted by Crippen LogP contribution is 2.47. The van der Waals surface area contributed by atoms with Gasteiger partial charge in [-0.2, -0.15) is 0 Å². The first-order valence-corrected chi connectivity index (χ1v) is 15.3. The maximum atomic E-state index is 7.07. The summed E-state index contributed by atoms with van der Waals surface area (Å²) in [6.07, 6.45) is 4.46. The number of rotatable bonds is 4. The van der Waals surface area contributed by atoms with E-state index in [4.69, 9.17) is 4.74 Å². The summed E-state index contributed by atoms with van der Waals surface area (Å²) < 4.78 is 7.07. The van der Waals surface area contributed by atoms with Crippen molar-refractivity contribution in [3.8, 4) is 26.6 Å². The molecule has 0 atom stereocenters. The summed E-state index contributed by atoms with van der Waals surface area (Å²) in [5, 5.41) is 2.44. The number of hydrogen-bond donors (Lipinski definition) is 0. The lowest BCUT2D eigenvalue weighted by atomic mass is 9.83. The minimum Gasteiger partial charge on any atom is -0.473 e. The van der Waals surface area contributed by atoms with Crippen LogP contribution in [0, 0.1) is 0 Å². The Morgan fingerprint density at radius 1 is 0.537 bits per heavy atom. The molecule has 2 heteroatoms. The van der Waals surface area contributed by atoms with Crippen LogP contribution in [0.1, 0.15) is 44.4 Å². The topological polar surface area (TPSA) is 9.23 Å². The van der Waals surface area contributed by atoms with Crippen molar-refractivity contribution >= 4 is 28.2 Å². The van der Waals surface area contributed by atoms with Crippen LogP contribution in [-0.4, -0.2) is 0 Å². The summed E-state index contributed by atoms with van der Waals surface area (Å²) in [5.41, 5.74) is 5.10. The molecule has 0 unspecified atom stereocenters. The zero-order valence-electron chi connectivity index (χ0n) is 24.2. The number of fused-ring (bicyclic) bond motifs is 3. The molecule has 0 radical (unpaired) electrons. The van der Waals surface area contributed by atoms with Crippen LogP contribution >= 0.6 is 11.3 Å². The summed E-state index contributed by atoms with van der Waals surface area (Å²) in [7, 11) is 0. The van der Waals surface area contributed by atoms with Gasteiger partial charge in [0.05, 0.1) is 0 Å². The molecule has 204 valence electrons. The van der Waals surface area contributed by atoms with Crippen molar-refractivity contribution < 1.29 is 4.74 Å². The Morgan fingerprint density at radius 3 is 1.66 bits per heavy atom. The quantitative estimate of drug-likeness (QED) is 0.211. The second kappa shape index (κ2) is 12.8. The summed E-state index contributed by atoms with van der Waals surface area (Å²) in [4.78, 5) is 2.50. The fraction of sp³-hybridized carbons (Fsp3) is 0.128. The molecule has 0 bridgehead atoms. The SMILES string of the molecule is C1=CC(c2ccccc2)(c2ccccc2)Oc2cc(-c3ccc(-c4ccccc4)s3)c3ccccc3c21.CC.CC. The van der Waals surface area contributed by atoms with Gasteiger partial charge in [0.15, 0.2) is 5.60 Å². The van der Waals surface area contributed by atoms with E-state index in [1.165, 1.54) is 31.7 Å². The molecular weight excluding hydrogens is 516 g/mol. The van der Waals surface area contributed by atoms with E-state index in [9.17, 15) is 0 Å². The molecule has 5 aromatic carbocycles. The van der Waals surface area contributed by atoms with Crippen molar-refractivity contribution in [3.05, 3.63) is 156 Å². The second-order valence-electron chi connectivity index (χ2n) is 9.31. The molecule has 0 saturated carbocycles. The third kappa shape index (κ3) is 5.36. The molecule has 1 aromatic heterocycles. The second-order valence-corrected chi connectivity index (χ2v) is 10.4. The molecule has 0 aliphatic carbocycles. The minimum atomic E-state index is -0.695. The molecule has 1 aliphatic rings. The van der Waals surface area contributed by atoms with Gasteiger partial charge in [-0.15, -0.1) is 11.3 Å². The van der Waals surface area contributed by atoms with Crippen LogP contribution in [0.15, 0.2) is 140 Å². The van der Waals surface area contributed by atoms with E-state index in [-0.39, 0.29) is 0 Å². The Balaban J connectivity index is 0.000000810. The Bertz CT molecular complexity index is 1690. The van der Waals surface area contributed by atoms with E-state index in [1.54, 1.807) is 0 Å². The molecule has 1 aliphatic heterocycles. The monoisotopic (exact) mass is 552 g/mol. The van der Waals surface area contributed by atoms with Crippen LogP contribution in [0.4, 0.5) is 0 Å². The van der Waals surface area contributed by atoms with Crippen molar-refractivity contribution in [1.29, 1.82) is 0 Å². The average Bonchev–Trinajstić information content (AvgIpc) is 3.57. The molecular formula is C39H36OS. The van der Waals surface area contributed by atoms with Crippen molar-refractivity contribution in [3.63, 3.8) is 0 Å². The highest BCUT2D eigenvalue weighted by atomic mass is 32.1. The van der Waals surface area contributed by atoms with Crippen LogP contribution in [-0.2, 0) is 5.60 Å². The smallest absolute Gasteiger partial charge is 0.178 e. The van der Waals surface area contributed by atoms with Gasteiger partial charge in [-0.25, -0.2) is 0 Å². The lowest BCUT2D eigenvalue weighted by Gasteiger charge is -2.36. The first-order valence-electron chi connectivity index (χ1n) is 14.5. The van der Waals surface area contributed by atoms with E-state index in [0.29, 0.717) is 0 Å². The van der Waals surface area contributed by atoms with Gasteiger partial charge >= 0.3 is 0 Å². The highest BCUT2D eigenvalue weighted by Gasteiger charge is 2.37. The van der Waals surface area contributed by atoms with Gasteiger partial charge in [-0.3, -0.25) is 0 Å². The highest BCUT2D eigenvalue weighted by molar-refractivity contribution is 7.18. The van der Waals surface area contributed by atoms with Gasteiger partial charge in [0.2, 0.25) is 0 Å². The third-order valence-corrected chi connectivity index (χ3v) is 8.31. The lowest BCUT2D eigenvalue weighted by molar-refractivity contribution is 0.161. The van der Waals surface area contributed by atoms with Gasteiger partial charge in [0.25, 0.3) is 0 Å². The summed E-state index contributed by atoms with van der Waals surface area (Å²) >= 11 is 1.82. The van der Waals surface area contributed by atoms with Crippen molar-refractivity contribution in [2.24, 2.45) is 0 Å². The number of thiophene rings is 1. The van der Waals surface area contributed by atoms with E-state index >= 15 is 0 Å². The maximum absolute atomic E-state index is 7.07. The van der Waals surface area contributed by atoms with Gasteiger partial charge in [-0.1, -0.05) is 143 Å². The van der Waals surface area contributed by atoms with Crippen LogP contribution in [0.25, 0.3) is 37.7 Å². The average molecular weight is 553 g/mol. The summed E-state index contributed by atoms with van der Waals surface area (Å²) in [5.74, 6) is 0.901. The zero-order valence-corrected chi connectivity index (χ0v) is 25.0. The largest absolute Gasteiger partial charge is 0.473 e. The van der Waals surface area contributed by atoms with Crippen molar-refractivity contribution in [1.82, 2.24) is 0 Å². The Labute approximate surface area is 248 Å². The molecule has 0 fully saturated rings. The van der Waals surface area contributed by atoms with E-state index in [0.717, 1.165) is 22.4 Å². The van der Waals surface area contributed by atoms with Crippen LogP contribution < -0.4 is 4.74 Å². The van der Waals surface area contributed by atoms with Gasteiger partial charge in [0, 0.05) is 32.0 Å². The predicted molar refractivity (Wildman–Crippen MR) is 179 cm³/mol. The molecule has 1 nitrogen and oxygen atoms in total. The van der Waals surface area contributed by atoms with Gasteiger partial charge in [0.1, 0.15) is 5.75 Å². The zero-order chi connectivity index (χ0) is 28.7. The normalized spacial score (nSPS) is 12.7. The van der Waals surface area contributed by atoms with Crippen LogP contribution in [0.2, 0.25) is 0 Å². The number of ether oxygens (including phenoxy) is 1. The molecule has 2 heterocycles. The van der Waals surface area contributed by atoms with Gasteiger partial charge < -0.3 is 4.74 Å². The molecule has 0 saturated heterocycles. The molecule has 0 amide bonds. The lowest BCUT2D eigenvalue weighted by Crippen LogP contribution is -2.34. The third-order valence-electron chi connectivity index (χ3n) is 7.14. The van der Waals surface area contributed by atoms with E-state index < -0.39 is 5.60 Å². The van der Waals surface area contributed by atoms with E-state index in [1.807, 2.05) is 39.0 Å². The fourth-order valence-corrected chi connectivity index (χ4v) is 6.37. The Kier molecular flexibility index (Phi) is 8.82.